The molecule has 0 radical (unpaired) electrons. The zero-order chi connectivity index (χ0) is 22.1. The van der Waals surface area contributed by atoms with Gasteiger partial charge in [0.25, 0.3) is 12.3 Å². The molecule has 3 heterocycles. The van der Waals surface area contributed by atoms with E-state index in [0.29, 0.717) is 43.5 Å². The Kier molecular flexibility index (Phi) is 5.81. The van der Waals surface area contributed by atoms with Crippen molar-refractivity contribution in [2.75, 3.05) is 31.2 Å². The first-order chi connectivity index (χ1) is 14.9. The molecule has 1 saturated heterocycles. The van der Waals surface area contributed by atoms with Crippen LogP contribution in [0.4, 0.5) is 19.0 Å². The minimum atomic E-state index is -2.93. The number of benzene rings is 1. The van der Waals surface area contributed by atoms with Gasteiger partial charge in [-0.25, -0.2) is 23.1 Å². The summed E-state index contributed by atoms with van der Waals surface area (Å²) in [5.41, 5.74) is 0.204. The van der Waals surface area contributed by atoms with Crippen LogP contribution in [0.2, 0.25) is 0 Å². The molecule has 0 saturated carbocycles. The van der Waals surface area contributed by atoms with Crippen molar-refractivity contribution in [3.8, 4) is 0 Å². The molecule has 7 nitrogen and oxygen atoms in total. The van der Waals surface area contributed by atoms with E-state index in [1.165, 1.54) is 18.5 Å². The van der Waals surface area contributed by atoms with Gasteiger partial charge in [-0.2, -0.15) is 0 Å². The number of rotatable bonds is 5. The first-order valence-electron chi connectivity index (χ1n) is 9.89. The molecule has 0 bridgehead atoms. The van der Waals surface area contributed by atoms with Crippen LogP contribution in [0.5, 0.6) is 0 Å². The van der Waals surface area contributed by atoms with Crippen LogP contribution in [0.25, 0.3) is 11.0 Å². The second-order valence-electron chi connectivity index (χ2n) is 7.37. The number of alkyl halides is 2. The van der Waals surface area contributed by atoms with Crippen molar-refractivity contribution in [2.24, 2.45) is 7.05 Å². The highest BCUT2D eigenvalue weighted by molar-refractivity contribution is 6.00. The van der Waals surface area contributed by atoms with E-state index in [9.17, 15) is 18.0 Å². The third-order valence-corrected chi connectivity index (χ3v) is 5.45. The van der Waals surface area contributed by atoms with Gasteiger partial charge in [0.05, 0.1) is 30.2 Å². The number of halogens is 3. The maximum absolute atomic E-state index is 14.5. The van der Waals surface area contributed by atoms with E-state index < -0.39 is 29.8 Å². The number of carbonyl (C=O) groups excluding carboxylic acids is 1. The van der Waals surface area contributed by atoms with Gasteiger partial charge in [0.15, 0.2) is 0 Å². The molecule has 1 aromatic carbocycles. The fraction of sp³-hybridized carbons (Fsp3) is 0.381. The van der Waals surface area contributed by atoms with Crippen molar-refractivity contribution in [3.63, 3.8) is 0 Å². The third kappa shape index (κ3) is 3.95. The van der Waals surface area contributed by atoms with Crippen LogP contribution in [0, 0.1) is 5.82 Å². The summed E-state index contributed by atoms with van der Waals surface area (Å²) in [6, 6.07) is 4.65. The Balaban J connectivity index is 1.62. The molecule has 1 aliphatic heterocycles. The Morgan fingerprint density at radius 1 is 1.19 bits per heavy atom. The SMILES string of the molecule is C[C@@H](NC(=O)c1cc2c(N3CCOCC3)ncnc2n1C)c1cccc(C(F)F)c1F. The predicted molar refractivity (Wildman–Crippen MR) is 109 cm³/mol. The van der Waals surface area contributed by atoms with Gasteiger partial charge in [0, 0.05) is 25.7 Å². The number of hydrogen-bond acceptors (Lipinski definition) is 5. The van der Waals surface area contributed by atoms with Crippen LogP contribution >= 0.6 is 0 Å². The summed E-state index contributed by atoms with van der Waals surface area (Å²) in [5, 5.41) is 3.41. The first kappa shape index (κ1) is 21.1. The molecule has 31 heavy (non-hydrogen) atoms. The van der Waals surface area contributed by atoms with Crippen molar-refractivity contribution in [2.45, 2.75) is 19.4 Å². The first-order valence-corrected chi connectivity index (χ1v) is 9.89. The average molecular weight is 433 g/mol. The number of hydrogen-bond donors (Lipinski definition) is 1. The number of morpholine rings is 1. The number of anilines is 1. The lowest BCUT2D eigenvalue weighted by Gasteiger charge is -2.28. The zero-order valence-electron chi connectivity index (χ0n) is 17.1. The second kappa shape index (κ2) is 8.54. The molecule has 2 aromatic heterocycles. The number of aromatic nitrogens is 3. The standard InChI is InChI=1S/C21H22F3N5O2/c1-12(13-4-3-5-14(17(13)22)18(23)24)27-21(30)16-10-15-19(28(16)2)25-11-26-20(15)29-6-8-31-9-7-29/h3-5,10-12,18H,6-9H2,1-2H3,(H,27,30)/t12-/m1/s1. The summed E-state index contributed by atoms with van der Waals surface area (Å²) in [6.07, 6.45) is -1.49. The Hall–Kier alpha value is -3.14. The number of nitrogens with zero attached hydrogens (tertiary/aromatic N) is 4. The molecule has 10 heteroatoms. The molecule has 1 amide bonds. The zero-order valence-corrected chi connectivity index (χ0v) is 17.1. The molecular weight excluding hydrogens is 411 g/mol. The monoisotopic (exact) mass is 433 g/mol. The minimum absolute atomic E-state index is 0.00119. The molecular formula is C21H22F3N5O2. The van der Waals surface area contributed by atoms with Gasteiger partial charge in [0.2, 0.25) is 0 Å². The fourth-order valence-corrected chi connectivity index (χ4v) is 3.79. The van der Waals surface area contributed by atoms with Gasteiger partial charge in [-0.05, 0) is 13.0 Å². The Morgan fingerprint density at radius 2 is 1.90 bits per heavy atom. The average Bonchev–Trinajstić information content (AvgIpc) is 3.11. The van der Waals surface area contributed by atoms with Crippen LogP contribution in [-0.4, -0.2) is 46.7 Å². The Morgan fingerprint density at radius 3 is 2.61 bits per heavy atom. The molecule has 1 aliphatic rings. The van der Waals surface area contributed by atoms with Crippen molar-refractivity contribution < 1.29 is 22.7 Å². The van der Waals surface area contributed by atoms with Gasteiger partial charge < -0.3 is 19.5 Å². The van der Waals surface area contributed by atoms with Gasteiger partial charge in [-0.3, -0.25) is 4.79 Å². The normalized spacial score (nSPS) is 15.5. The Labute approximate surface area is 176 Å². The van der Waals surface area contributed by atoms with Crippen LogP contribution in [0.3, 0.4) is 0 Å². The van der Waals surface area contributed by atoms with Crippen LogP contribution in [0.15, 0.2) is 30.6 Å². The van der Waals surface area contributed by atoms with Crippen molar-refractivity contribution in [1.82, 2.24) is 19.9 Å². The molecule has 1 fully saturated rings. The van der Waals surface area contributed by atoms with Crippen LogP contribution < -0.4 is 10.2 Å². The lowest BCUT2D eigenvalue weighted by Crippen LogP contribution is -2.36. The third-order valence-electron chi connectivity index (χ3n) is 5.45. The van der Waals surface area contributed by atoms with Gasteiger partial charge in [-0.15, -0.1) is 0 Å². The summed E-state index contributed by atoms with van der Waals surface area (Å²) in [7, 11) is 1.70. The van der Waals surface area contributed by atoms with E-state index in [2.05, 4.69) is 20.2 Å². The topological polar surface area (TPSA) is 72.3 Å². The number of aryl methyl sites for hydroxylation is 1. The molecule has 0 spiro atoms. The molecule has 3 aromatic rings. The molecule has 0 aliphatic carbocycles. The van der Waals surface area contributed by atoms with E-state index in [0.717, 1.165) is 11.5 Å². The summed E-state index contributed by atoms with van der Waals surface area (Å²) < 4.78 is 47.5. The largest absolute Gasteiger partial charge is 0.378 e. The van der Waals surface area contributed by atoms with Crippen LogP contribution in [0.1, 0.15) is 41.0 Å². The number of nitrogens with one attached hydrogen (secondary N) is 1. The van der Waals surface area contributed by atoms with E-state index in [1.54, 1.807) is 24.6 Å². The molecule has 0 unspecified atom stereocenters. The highest BCUT2D eigenvalue weighted by Gasteiger charge is 2.24. The summed E-state index contributed by atoms with van der Waals surface area (Å²) in [5.74, 6) is -0.766. The van der Waals surface area contributed by atoms with Gasteiger partial charge in [0.1, 0.15) is 29.3 Å². The lowest BCUT2D eigenvalue weighted by molar-refractivity contribution is 0.0931. The quantitative estimate of drug-likeness (QED) is 0.668. The van der Waals surface area contributed by atoms with Crippen molar-refractivity contribution >= 4 is 22.8 Å². The van der Waals surface area contributed by atoms with E-state index in [1.807, 2.05) is 0 Å². The number of ether oxygens (including phenoxy) is 1. The smallest absolute Gasteiger partial charge is 0.268 e. The highest BCUT2D eigenvalue weighted by atomic mass is 19.3. The maximum atomic E-state index is 14.5. The minimum Gasteiger partial charge on any atom is -0.378 e. The highest BCUT2D eigenvalue weighted by Crippen LogP contribution is 2.29. The summed E-state index contributed by atoms with van der Waals surface area (Å²) in [6.45, 7) is 4.09. The van der Waals surface area contributed by atoms with Crippen molar-refractivity contribution in [1.29, 1.82) is 0 Å². The summed E-state index contributed by atoms with van der Waals surface area (Å²) >= 11 is 0. The van der Waals surface area contributed by atoms with E-state index in [4.69, 9.17) is 4.74 Å². The van der Waals surface area contributed by atoms with Crippen LogP contribution in [-0.2, 0) is 11.8 Å². The predicted octanol–water partition coefficient (Wildman–Crippen LogP) is 3.37. The summed E-state index contributed by atoms with van der Waals surface area (Å²) in [4.78, 5) is 23.7. The Bertz CT molecular complexity index is 1110. The molecule has 164 valence electrons. The number of fused-ring (bicyclic) bond motifs is 1. The van der Waals surface area contributed by atoms with E-state index in [-0.39, 0.29) is 5.56 Å². The fourth-order valence-electron chi connectivity index (χ4n) is 3.79. The second-order valence-corrected chi connectivity index (χ2v) is 7.37. The van der Waals surface area contributed by atoms with Gasteiger partial charge in [-0.1, -0.05) is 18.2 Å². The lowest BCUT2D eigenvalue weighted by atomic mass is 10.0. The molecule has 1 atom stereocenters. The van der Waals surface area contributed by atoms with Gasteiger partial charge >= 0.3 is 0 Å². The van der Waals surface area contributed by atoms with Crippen molar-refractivity contribution in [3.05, 3.63) is 53.2 Å². The molecule has 4 rings (SSSR count). The molecule has 1 N–H and O–H groups in total. The number of amides is 1. The number of carbonyl (C=O) groups is 1. The van der Waals surface area contributed by atoms with E-state index >= 15 is 0 Å². The maximum Gasteiger partial charge on any atom is 0.268 e.